The zero-order chi connectivity index (χ0) is 13.0. The van der Waals surface area contributed by atoms with Crippen LogP contribution in [-0.2, 0) is 0 Å². The molecule has 0 aromatic carbocycles. The van der Waals surface area contributed by atoms with Crippen LogP contribution in [0.3, 0.4) is 0 Å². The van der Waals surface area contributed by atoms with Crippen molar-refractivity contribution in [3.8, 4) is 0 Å². The molecule has 0 bridgehead atoms. The van der Waals surface area contributed by atoms with E-state index in [2.05, 4.69) is 19.2 Å². The molecule has 2 saturated carbocycles. The first-order chi connectivity index (χ1) is 8.70. The molecule has 2 nitrogen and oxygen atoms in total. The van der Waals surface area contributed by atoms with E-state index in [1.807, 2.05) is 0 Å². The van der Waals surface area contributed by atoms with Crippen molar-refractivity contribution >= 4 is 0 Å². The van der Waals surface area contributed by atoms with Crippen molar-refractivity contribution in [1.82, 2.24) is 5.32 Å². The molecule has 0 aromatic rings. The lowest BCUT2D eigenvalue weighted by Gasteiger charge is -2.36. The molecule has 0 amide bonds. The highest BCUT2D eigenvalue weighted by Gasteiger charge is 2.27. The minimum Gasteiger partial charge on any atom is -0.396 e. The van der Waals surface area contributed by atoms with E-state index in [-0.39, 0.29) is 0 Å². The Balaban J connectivity index is 1.73. The molecular weight excluding hydrogens is 222 g/mol. The standard InChI is InChI=1S/C16H31NO/c1-12-7-8-16(9-13(12)2)17-10-14-5-3-4-6-15(14)11-18/h12-18H,3-11H2,1-2H3. The van der Waals surface area contributed by atoms with E-state index in [1.54, 1.807) is 0 Å². The van der Waals surface area contributed by atoms with Crippen LogP contribution in [0, 0.1) is 23.7 Å². The van der Waals surface area contributed by atoms with Crippen LogP contribution in [0.2, 0.25) is 0 Å². The highest BCUT2D eigenvalue weighted by atomic mass is 16.3. The fourth-order valence-electron chi connectivity index (χ4n) is 3.84. The Labute approximate surface area is 113 Å². The quantitative estimate of drug-likeness (QED) is 0.806. The van der Waals surface area contributed by atoms with E-state index < -0.39 is 0 Å². The summed E-state index contributed by atoms with van der Waals surface area (Å²) in [6, 6.07) is 0.734. The van der Waals surface area contributed by atoms with Crippen molar-refractivity contribution in [3.05, 3.63) is 0 Å². The smallest absolute Gasteiger partial charge is 0.0462 e. The van der Waals surface area contributed by atoms with Crippen LogP contribution >= 0.6 is 0 Å². The number of rotatable bonds is 4. The first kappa shape index (κ1) is 14.3. The van der Waals surface area contributed by atoms with E-state index in [4.69, 9.17) is 0 Å². The van der Waals surface area contributed by atoms with Crippen LogP contribution in [0.1, 0.15) is 58.8 Å². The molecule has 5 unspecified atom stereocenters. The van der Waals surface area contributed by atoms with Gasteiger partial charge in [-0.3, -0.25) is 0 Å². The highest BCUT2D eigenvalue weighted by Crippen LogP contribution is 2.31. The van der Waals surface area contributed by atoms with Crippen molar-refractivity contribution in [3.63, 3.8) is 0 Å². The Hall–Kier alpha value is -0.0800. The molecule has 18 heavy (non-hydrogen) atoms. The summed E-state index contributed by atoms with van der Waals surface area (Å²) in [5, 5.41) is 13.2. The summed E-state index contributed by atoms with van der Waals surface area (Å²) in [6.07, 6.45) is 9.31. The second-order valence-corrected chi connectivity index (χ2v) is 6.86. The number of hydrogen-bond donors (Lipinski definition) is 2. The maximum Gasteiger partial charge on any atom is 0.0462 e. The van der Waals surface area contributed by atoms with Gasteiger partial charge in [0.2, 0.25) is 0 Å². The predicted octanol–water partition coefficient (Wildman–Crippen LogP) is 3.20. The zero-order valence-electron chi connectivity index (χ0n) is 12.2. The van der Waals surface area contributed by atoms with E-state index in [0.717, 1.165) is 30.3 Å². The molecule has 106 valence electrons. The lowest BCUT2D eigenvalue weighted by Crippen LogP contribution is -2.41. The van der Waals surface area contributed by atoms with Gasteiger partial charge in [-0.05, 0) is 62.3 Å². The van der Waals surface area contributed by atoms with E-state index in [0.29, 0.717) is 12.5 Å². The summed E-state index contributed by atoms with van der Waals surface area (Å²) in [5.41, 5.74) is 0. The van der Waals surface area contributed by atoms with Gasteiger partial charge in [0.1, 0.15) is 0 Å². The fourth-order valence-corrected chi connectivity index (χ4v) is 3.84. The minimum atomic E-state index is 0.393. The lowest BCUT2D eigenvalue weighted by molar-refractivity contribution is 0.125. The van der Waals surface area contributed by atoms with Crippen molar-refractivity contribution in [2.45, 2.75) is 64.8 Å². The third kappa shape index (κ3) is 3.71. The summed E-state index contributed by atoms with van der Waals surface area (Å²) in [7, 11) is 0. The van der Waals surface area contributed by atoms with Gasteiger partial charge < -0.3 is 10.4 Å². The fraction of sp³-hybridized carbons (Fsp3) is 1.00. The van der Waals surface area contributed by atoms with Crippen LogP contribution in [0.5, 0.6) is 0 Å². The highest BCUT2D eigenvalue weighted by molar-refractivity contribution is 4.83. The summed E-state index contributed by atoms with van der Waals surface area (Å²) in [6.45, 7) is 6.32. The molecule has 2 heteroatoms. The molecule has 2 N–H and O–H groups in total. The largest absolute Gasteiger partial charge is 0.396 e. The van der Waals surface area contributed by atoms with Gasteiger partial charge in [0.05, 0.1) is 0 Å². The Bertz CT molecular complexity index is 243. The first-order valence-electron chi connectivity index (χ1n) is 8.05. The van der Waals surface area contributed by atoms with Gasteiger partial charge in [0.25, 0.3) is 0 Å². The third-order valence-corrected chi connectivity index (χ3v) is 5.57. The molecule has 2 aliphatic carbocycles. The summed E-state index contributed by atoms with van der Waals surface area (Å²) in [5.74, 6) is 3.06. The average Bonchev–Trinajstić information content (AvgIpc) is 2.40. The topological polar surface area (TPSA) is 32.3 Å². The Morgan fingerprint density at radius 2 is 1.67 bits per heavy atom. The normalized spacial score (nSPS) is 41.8. The Morgan fingerprint density at radius 1 is 0.944 bits per heavy atom. The van der Waals surface area contributed by atoms with Gasteiger partial charge in [-0.1, -0.05) is 26.7 Å². The van der Waals surface area contributed by atoms with Crippen LogP contribution in [0.4, 0.5) is 0 Å². The van der Waals surface area contributed by atoms with Crippen molar-refractivity contribution in [1.29, 1.82) is 0 Å². The van der Waals surface area contributed by atoms with Gasteiger partial charge in [0.15, 0.2) is 0 Å². The summed E-state index contributed by atoms with van der Waals surface area (Å²) in [4.78, 5) is 0. The molecule has 2 fully saturated rings. The molecule has 0 saturated heterocycles. The first-order valence-corrected chi connectivity index (χ1v) is 8.05. The number of nitrogens with one attached hydrogen (secondary N) is 1. The van der Waals surface area contributed by atoms with E-state index >= 15 is 0 Å². The average molecular weight is 253 g/mol. The molecular formula is C16H31NO. The molecule has 0 aromatic heterocycles. The SMILES string of the molecule is CC1CCC(NCC2CCCCC2CO)CC1C. The number of aliphatic hydroxyl groups excluding tert-OH is 1. The molecule has 0 spiro atoms. The van der Waals surface area contributed by atoms with Gasteiger partial charge >= 0.3 is 0 Å². The van der Waals surface area contributed by atoms with Crippen LogP contribution < -0.4 is 5.32 Å². The number of aliphatic hydroxyl groups is 1. The molecule has 2 aliphatic rings. The minimum absolute atomic E-state index is 0.393. The van der Waals surface area contributed by atoms with E-state index in [9.17, 15) is 5.11 Å². The van der Waals surface area contributed by atoms with E-state index in [1.165, 1.54) is 44.9 Å². The molecule has 0 heterocycles. The van der Waals surface area contributed by atoms with Crippen molar-refractivity contribution in [2.24, 2.45) is 23.7 Å². The third-order valence-electron chi connectivity index (χ3n) is 5.57. The van der Waals surface area contributed by atoms with Crippen molar-refractivity contribution < 1.29 is 5.11 Å². The molecule has 2 rings (SSSR count). The Kier molecular flexibility index (Phi) is 5.50. The molecule has 5 atom stereocenters. The predicted molar refractivity (Wildman–Crippen MR) is 76.5 cm³/mol. The van der Waals surface area contributed by atoms with Crippen LogP contribution in [0.25, 0.3) is 0 Å². The van der Waals surface area contributed by atoms with Gasteiger partial charge in [-0.25, -0.2) is 0 Å². The van der Waals surface area contributed by atoms with Crippen LogP contribution in [0.15, 0.2) is 0 Å². The van der Waals surface area contributed by atoms with Gasteiger partial charge in [0, 0.05) is 12.6 Å². The molecule has 0 aliphatic heterocycles. The second-order valence-electron chi connectivity index (χ2n) is 6.86. The maximum atomic E-state index is 9.45. The summed E-state index contributed by atoms with van der Waals surface area (Å²) < 4.78 is 0. The molecule has 0 radical (unpaired) electrons. The van der Waals surface area contributed by atoms with Crippen LogP contribution in [-0.4, -0.2) is 24.3 Å². The lowest BCUT2D eigenvalue weighted by atomic mass is 9.77. The van der Waals surface area contributed by atoms with Gasteiger partial charge in [-0.15, -0.1) is 0 Å². The maximum absolute atomic E-state index is 9.45. The summed E-state index contributed by atoms with van der Waals surface area (Å²) >= 11 is 0. The second kappa shape index (κ2) is 6.91. The Morgan fingerprint density at radius 3 is 2.33 bits per heavy atom. The zero-order valence-corrected chi connectivity index (χ0v) is 12.2. The van der Waals surface area contributed by atoms with Gasteiger partial charge in [-0.2, -0.15) is 0 Å². The number of hydrogen-bond acceptors (Lipinski definition) is 2. The monoisotopic (exact) mass is 253 g/mol. The van der Waals surface area contributed by atoms with Crippen molar-refractivity contribution in [2.75, 3.05) is 13.2 Å².